The van der Waals surface area contributed by atoms with E-state index in [0.717, 1.165) is 20.1 Å². The molecule has 3 aromatic carbocycles. The zero-order chi connectivity index (χ0) is 21.4. The van der Waals surface area contributed by atoms with E-state index in [1.807, 2.05) is 43.3 Å². The Morgan fingerprint density at radius 1 is 1.07 bits per heavy atom. The van der Waals surface area contributed by atoms with Crippen molar-refractivity contribution >= 4 is 70.8 Å². The minimum atomic E-state index is 0.00562. The second kappa shape index (κ2) is 8.53. The molecule has 1 N–H and O–H groups in total. The normalized spacial score (nSPS) is 11.5. The van der Waals surface area contributed by atoms with Gasteiger partial charge < -0.3 is 14.3 Å². The highest BCUT2D eigenvalue weighted by atomic mass is 79.9. The van der Waals surface area contributed by atoms with Crippen LogP contribution in [-0.4, -0.2) is 23.4 Å². The zero-order valence-electron chi connectivity index (χ0n) is 15.9. The van der Waals surface area contributed by atoms with Gasteiger partial charge in [-0.25, -0.2) is 4.98 Å². The zero-order valence-corrected chi connectivity index (χ0v) is 20.7. The summed E-state index contributed by atoms with van der Waals surface area (Å²) in [6.07, 6.45) is 1.58. The molecule has 1 aromatic heterocycles. The number of oxazole rings is 1. The van der Waals surface area contributed by atoms with E-state index < -0.39 is 0 Å². The summed E-state index contributed by atoms with van der Waals surface area (Å²) in [5, 5.41) is 10.4. The molecule has 1 heterocycles. The van der Waals surface area contributed by atoms with E-state index in [2.05, 4.69) is 57.8 Å². The highest BCUT2D eigenvalue weighted by Gasteiger charge is 2.14. The molecule has 4 aromatic rings. The number of hydrogen-bond donors (Lipinski definition) is 1. The Morgan fingerprint density at radius 3 is 2.60 bits per heavy atom. The Balaban J connectivity index is 1.70. The van der Waals surface area contributed by atoms with Gasteiger partial charge in [-0.2, -0.15) is 0 Å². The van der Waals surface area contributed by atoms with Gasteiger partial charge in [-0.3, -0.25) is 4.99 Å². The van der Waals surface area contributed by atoms with E-state index in [4.69, 9.17) is 9.15 Å². The number of hydrogen-bond acceptors (Lipinski definition) is 5. The number of fused-ring (bicyclic) bond motifs is 1. The third-order valence-corrected chi connectivity index (χ3v) is 7.41. The van der Waals surface area contributed by atoms with Gasteiger partial charge in [-0.05, 0) is 80.7 Å². The number of phenolic OH excluding ortho intramolecular Hbond substituents is 1. The maximum absolute atomic E-state index is 10.4. The van der Waals surface area contributed by atoms with Crippen LogP contribution in [0, 0.1) is 6.92 Å². The Hall–Kier alpha value is -2.16. The highest BCUT2D eigenvalue weighted by molar-refractivity contribution is 9.13. The lowest BCUT2D eigenvalue weighted by Crippen LogP contribution is -1.91. The molecule has 8 heteroatoms. The Kier molecular flexibility index (Phi) is 5.99. The number of methoxy groups -OCH3 is 1. The van der Waals surface area contributed by atoms with Crippen LogP contribution < -0.4 is 4.74 Å². The molecule has 0 amide bonds. The molecule has 0 fully saturated rings. The number of ether oxygens (including phenoxy) is 1. The number of nitrogens with zero attached hydrogens (tertiary/aromatic N) is 2. The molecule has 0 atom stereocenters. The standard InChI is InChI=1S/C22H15Br3N2O3/c1-11-3-4-12(7-15(11)23)22-27-17-8-13(5-6-18(17)30-22)26-10-14-20(25)16(24)9-19(29-2)21(14)28/h3-10,28H,1-2H3. The molecular formula is C22H15Br3N2O3. The fourth-order valence-electron chi connectivity index (χ4n) is 2.87. The van der Waals surface area contributed by atoms with Crippen molar-refractivity contribution in [2.24, 2.45) is 4.99 Å². The van der Waals surface area contributed by atoms with Crippen LogP contribution in [0.5, 0.6) is 11.5 Å². The monoisotopic (exact) mass is 592 g/mol. The summed E-state index contributed by atoms with van der Waals surface area (Å²) < 4.78 is 13.5. The first kappa shape index (κ1) is 21.1. The van der Waals surface area contributed by atoms with Crippen molar-refractivity contribution in [1.82, 2.24) is 4.98 Å². The van der Waals surface area contributed by atoms with Crippen molar-refractivity contribution in [3.63, 3.8) is 0 Å². The molecule has 0 unspecified atom stereocenters. The van der Waals surface area contributed by atoms with Crippen LogP contribution in [0.15, 0.2) is 65.3 Å². The number of phenols is 1. The van der Waals surface area contributed by atoms with Crippen molar-refractivity contribution < 1.29 is 14.3 Å². The van der Waals surface area contributed by atoms with Crippen LogP contribution in [0.25, 0.3) is 22.6 Å². The third-order valence-electron chi connectivity index (χ3n) is 4.55. The first-order chi connectivity index (χ1) is 14.4. The molecule has 4 rings (SSSR count). The predicted molar refractivity (Wildman–Crippen MR) is 129 cm³/mol. The van der Waals surface area contributed by atoms with Gasteiger partial charge in [0.1, 0.15) is 5.52 Å². The van der Waals surface area contributed by atoms with Gasteiger partial charge in [0.05, 0.1) is 18.4 Å². The van der Waals surface area contributed by atoms with Crippen LogP contribution in [0.3, 0.4) is 0 Å². The summed E-state index contributed by atoms with van der Waals surface area (Å²) in [5.74, 6) is 0.905. The van der Waals surface area contributed by atoms with Crippen LogP contribution >= 0.6 is 47.8 Å². The minimum Gasteiger partial charge on any atom is -0.504 e. The Morgan fingerprint density at radius 2 is 1.87 bits per heavy atom. The summed E-state index contributed by atoms with van der Waals surface area (Å²) >= 11 is 10.4. The van der Waals surface area contributed by atoms with E-state index in [1.165, 1.54) is 7.11 Å². The number of rotatable bonds is 4. The summed E-state index contributed by atoms with van der Waals surface area (Å²) in [7, 11) is 1.50. The highest BCUT2D eigenvalue weighted by Crippen LogP contribution is 2.39. The first-order valence-electron chi connectivity index (χ1n) is 8.83. The molecule has 0 aliphatic rings. The molecule has 0 saturated carbocycles. The fraction of sp³-hybridized carbons (Fsp3) is 0.0909. The first-order valence-corrected chi connectivity index (χ1v) is 11.2. The second-order valence-corrected chi connectivity index (χ2v) is 9.03. The van der Waals surface area contributed by atoms with Gasteiger partial charge >= 0.3 is 0 Å². The summed E-state index contributed by atoms with van der Waals surface area (Å²) in [6, 6.07) is 13.2. The van der Waals surface area contributed by atoms with Crippen LogP contribution in [0.4, 0.5) is 5.69 Å². The van der Waals surface area contributed by atoms with E-state index in [9.17, 15) is 5.11 Å². The average molecular weight is 595 g/mol. The van der Waals surface area contributed by atoms with Gasteiger partial charge in [-0.15, -0.1) is 0 Å². The summed E-state index contributed by atoms with van der Waals surface area (Å²) in [5.41, 5.74) is 4.60. The second-order valence-electron chi connectivity index (χ2n) is 6.53. The molecule has 0 aliphatic carbocycles. The predicted octanol–water partition coefficient (Wildman–Crippen LogP) is 7.56. The molecule has 0 bridgehead atoms. The van der Waals surface area contributed by atoms with Crippen molar-refractivity contribution in [2.45, 2.75) is 6.92 Å². The lowest BCUT2D eigenvalue weighted by molar-refractivity contribution is 0.372. The van der Waals surface area contributed by atoms with Crippen molar-refractivity contribution in [3.8, 4) is 23.0 Å². The lowest BCUT2D eigenvalue weighted by Gasteiger charge is -2.09. The van der Waals surface area contributed by atoms with E-state index >= 15 is 0 Å². The number of aromatic hydroxyl groups is 1. The molecule has 0 radical (unpaired) electrons. The lowest BCUT2D eigenvalue weighted by atomic mass is 10.1. The number of benzene rings is 3. The third kappa shape index (κ3) is 4.04. The summed E-state index contributed by atoms with van der Waals surface area (Å²) in [4.78, 5) is 9.09. The Labute approximate surface area is 198 Å². The number of aromatic nitrogens is 1. The fourth-order valence-corrected chi connectivity index (χ4v) is 4.08. The number of aryl methyl sites for hydroxylation is 1. The molecular weight excluding hydrogens is 580 g/mol. The molecule has 0 spiro atoms. The molecule has 0 aliphatic heterocycles. The number of aliphatic imine (C=N–C) groups is 1. The average Bonchev–Trinajstić information content (AvgIpc) is 3.16. The topological polar surface area (TPSA) is 67.9 Å². The van der Waals surface area contributed by atoms with E-state index in [1.54, 1.807) is 12.3 Å². The van der Waals surface area contributed by atoms with E-state index in [0.29, 0.717) is 38.5 Å². The SMILES string of the molecule is COc1cc(Br)c(Br)c(C=Nc2ccc3oc(-c4ccc(C)c(Br)c4)nc3c2)c1O. The minimum absolute atomic E-state index is 0.00562. The van der Waals surface area contributed by atoms with E-state index in [-0.39, 0.29) is 5.75 Å². The van der Waals surface area contributed by atoms with Crippen LogP contribution in [0.1, 0.15) is 11.1 Å². The molecule has 152 valence electrons. The van der Waals surface area contributed by atoms with Gasteiger partial charge in [-0.1, -0.05) is 22.0 Å². The van der Waals surface area contributed by atoms with Crippen LogP contribution in [0.2, 0.25) is 0 Å². The molecule has 0 saturated heterocycles. The Bertz CT molecular complexity index is 1300. The summed E-state index contributed by atoms with van der Waals surface area (Å²) in [6.45, 7) is 2.03. The smallest absolute Gasteiger partial charge is 0.227 e. The molecule has 5 nitrogen and oxygen atoms in total. The van der Waals surface area contributed by atoms with Crippen molar-refractivity contribution in [3.05, 3.63) is 67.0 Å². The maximum Gasteiger partial charge on any atom is 0.227 e. The largest absolute Gasteiger partial charge is 0.504 e. The van der Waals surface area contributed by atoms with Gasteiger partial charge in [0.25, 0.3) is 0 Å². The molecule has 30 heavy (non-hydrogen) atoms. The van der Waals surface area contributed by atoms with Gasteiger partial charge in [0.15, 0.2) is 17.1 Å². The van der Waals surface area contributed by atoms with Gasteiger partial charge in [0.2, 0.25) is 5.89 Å². The van der Waals surface area contributed by atoms with Crippen molar-refractivity contribution in [2.75, 3.05) is 7.11 Å². The van der Waals surface area contributed by atoms with Gasteiger partial charge in [0, 0.05) is 25.2 Å². The van der Waals surface area contributed by atoms with Crippen molar-refractivity contribution in [1.29, 1.82) is 0 Å². The maximum atomic E-state index is 10.4. The quantitative estimate of drug-likeness (QED) is 0.248. The van der Waals surface area contributed by atoms with Crippen LogP contribution in [-0.2, 0) is 0 Å². The number of halogens is 3.